The fraction of sp³-hybridized carbons (Fsp3) is 0.800. The molecule has 1 nitrogen and oxygen atoms in total. The van der Waals surface area contributed by atoms with Crippen molar-refractivity contribution in [3.8, 4) is 0 Å². The van der Waals surface area contributed by atoms with Crippen molar-refractivity contribution in [2.45, 2.75) is 62.3 Å². The second-order valence-corrected chi connectivity index (χ2v) is 7.68. The summed E-state index contributed by atoms with van der Waals surface area (Å²) in [7, 11) is 0. The van der Waals surface area contributed by atoms with Gasteiger partial charge in [0.1, 0.15) is 0 Å². The molecule has 0 saturated carbocycles. The molecule has 0 N–H and O–H groups in total. The Hall–Kier alpha value is 0.384. The first-order chi connectivity index (χ1) is 7.00. The summed E-state index contributed by atoms with van der Waals surface area (Å²) >= 11 is 1.06. The summed E-state index contributed by atoms with van der Waals surface area (Å²) in [6.45, 7) is 30.0. The second-order valence-electron chi connectivity index (χ2n) is 7.68. The molecule has 0 aliphatic heterocycles. The van der Waals surface area contributed by atoms with Crippen molar-refractivity contribution in [1.82, 2.24) is 0 Å². The standard InChI is InChI=1S/3C5H11.O.V/c3*1-5(2,3)4;;/h3*1H2,2-4H3;;/q3*-1;;. The van der Waals surface area contributed by atoms with E-state index in [2.05, 4.69) is 83.1 Å². The van der Waals surface area contributed by atoms with E-state index in [9.17, 15) is 0 Å². The Kier molecular flexibility index (Phi) is 17.6. The van der Waals surface area contributed by atoms with Crippen LogP contribution in [0.2, 0.25) is 0 Å². The molecule has 0 unspecified atom stereocenters. The molecular formula is C15H33OV-3. The summed E-state index contributed by atoms with van der Waals surface area (Å²) in [4.78, 5) is 0. The molecule has 0 aromatic heterocycles. The van der Waals surface area contributed by atoms with Crippen LogP contribution in [0.25, 0.3) is 0 Å². The van der Waals surface area contributed by atoms with Gasteiger partial charge in [-0.2, -0.15) is 16.2 Å². The van der Waals surface area contributed by atoms with Crippen molar-refractivity contribution < 1.29 is 21.0 Å². The predicted molar refractivity (Wildman–Crippen MR) is 75.1 cm³/mol. The summed E-state index contributed by atoms with van der Waals surface area (Å²) < 4.78 is 8.19. The second kappa shape index (κ2) is 11.5. The number of hydrogen-bond acceptors (Lipinski definition) is 1. The molecule has 0 aliphatic carbocycles. The Morgan fingerprint density at radius 2 is 0.529 bits per heavy atom. The van der Waals surface area contributed by atoms with E-state index in [1.54, 1.807) is 0 Å². The van der Waals surface area contributed by atoms with Crippen LogP contribution in [0.5, 0.6) is 0 Å². The molecule has 0 spiro atoms. The molecule has 0 atom stereocenters. The summed E-state index contributed by atoms with van der Waals surface area (Å²) in [6, 6.07) is 0. The quantitative estimate of drug-likeness (QED) is 0.537. The topological polar surface area (TPSA) is 17.1 Å². The summed E-state index contributed by atoms with van der Waals surface area (Å²) in [5.41, 5.74) is 0.750. The van der Waals surface area contributed by atoms with Crippen LogP contribution in [-0.2, 0) is 21.0 Å². The maximum atomic E-state index is 8.19. The molecule has 2 heteroatoms. The zero-order chi connectivity index (χ0) is 15.5. The molecule has 0 rings (SSSR count). The maximum absolute atomic E-state index is 8.19. The molecule has 0 fully saturated rings. The van der Waals surface area contributed by atoms with E-state index in [1.165, 1.54) is 0 Å². The minimum absolute atomic E-state index is 0.250. The van der Waals surface area contributed by atoms with Gasteiger partial charge in [0.2, 0.25) is 0 Å². The van der Waals surface area contributed by atoms with E-state index in [0.29, 0.717) is 0 Å². The van der Waals surface area contributed by atoms with Gasteiger partial charge in [-0.25, -0.2) is 0 Å². The Labute approximate surface area is 120 Å². The normalized spacial score (nSPS) is 10.8. The third-order valence-electron chi connectivity index (χ3n) is 0. The first-order valence-corrected chi connectivity index (χ1v) is 6.31. The van der Waals surface area contributed by atoms with Crippen LogP contribution >= 0.6 is 0 Å². The van der Waals surface area contributed by atoms with Crippen molar-refractivity contribution >= 4 is 0 Å². The van der Waals surface area contributed by atoms with Crippen LogP contribution in [0.3, 0.4) is 0 Å². The van der Waals surface area contributed by atoms with Crippen LogP contribution in [0.15, 0.2) is 0 Å². The molecule has 17 heavy (non-hydrogen) atoms. The zero-order valence-electron chi connectivity index (χ0n) is 13.5. The van der Waals surface area contributed by atoms with Gasteiger partial charge in [-0.05, 0) is 0 Å². The Bertz CT molecular complexity index is 97.2. The molecule has 0 aromatic rings. The van der Waals surface area contributed by atoms with Gasteiger partial charge in [-0.15, -0.1) is 0 Å². The Morgan fingerprint density at radius 3 is 0.529 bits per heavy atom. The molecular weight excluding hydrogens is 247 g/mol. The van der Waals surface area contributed by atoms with E-state index in [4.69, 9.17) is 3.67 Å². The van der Waals surface area contributed by atoms with Crippen molar-refractivity contribution in [1.29, 1.82) is 0 Å². The van der Waals surface area contributed by atoms with Crippen LogP contribution in [0, 0.1) is 37.0 Å². The van der Waals surface area contributed by atoms with Gasteiger partial charge < -0.3 is 20.8 Å². The van der Waals surface area contributed by atoms with Gasteiger partial charge >= 0.3 is 21.0 Å². The van der Waals surface area contributed by atoms with Crippen molar-refractivity contribution in [3.05, 3.63) is 20.8 Å². The number of rotatable bonds is 0. The first kappa shape index (κ1) is 26.1. The fourth-order valence-corrected chi connectivity index (χ4v) is 0. The van der Waals surface area contributed by atoms with Crippen LogP contribution < -0.4 is 0 Å². The van der Waals surface area contributed by atoms with Gasteiger partial charge in [-0.1, -0.05) is 62.3 Å². The monoisotopic (exact) mass is 280 g/mol. The summed E-state index contributed by atoms with van der Waals surface area (Å²) in [5.74, 6) is 0. The molecule has 0 aromatic carbocycles. The van der Waals surface area contributed by atoms with Crippen molar-refractivity contribution in [2.75, 3.05) is 0 Å². The molecule has 0 radical (unpaired) electrons. The van der Waals surface area contributed by atoms with E-state index >= 15 is 0 Å². The van der Waals surface area contributed by atoms with E-state index in [1.807, 2.05) is 0 Å². The van der Waals surface area contributed by atoms with Crippen LogP contribution in [0.1, 0.15) is 62.3 Å². The predicted octanol–water partition coefficient (Wildman–Crippen LogP) is 5.48. The Balaban J connectivity index is -0.0000000693. The van der Waals surface area contributed by atoms with Gasteiger partial charge in [-0.3, -0.25) is 0 Å². The molecule has 0 aliphatic rings. The van der Waals surface area contributed by atoms with Crippen molar-refractivity contribution in [2.24, 2.45) is 16.2 Å². The summed E-state index contributed by atoms with van der Waals surface area (Å²) in [6.07, 6.45) is 0. The Morgan fingerprint density at radius 1 is 0.529 bits per heavy atom. The molecule has 107 valence electrons. The van der Waals surface area contributed by atoms with E-state index < -0.39 is 0 Å². The van der Waals surface area contributed by atoms with Crippen LogP contribution in [-0.4, -0.2) is 0 Å². The first-order valence-electron chi connectivity index (χ1n) is 5.74. The van der Waals surface area contributed by atoms with Gasteiger partial charge in [0.25, 0.3) is 0 Å². The molecule has 0 heterocycles. The minimum atomic E-state index is 0.250. The van der Waals surface area contributed by atoms with Crippen molar-refractivity contribution in [3.63, 3.8) is 0 Å². The average Bonchev–Trinajstić information content (AvgIpc) is 1.77. The van der Waals surface area contributed by atoms with Gasteiger partial charge in [0.15, 0.2) is 0 Å². The zero-order valence-corrected chi connectivity index (χ0v) is 14.9. The van der Waals surface area contributed by atoms with Crippen LogP contribution in [0.4, 0.5) is 0 Å². The molecule has 0 amide bonds. The third-order valence-corrected chi connectivity index (χ3v) is 0. The molecule has 0 saturated heterocycles. The molecule has 0 bridgehead atoms. The van der Waals surface area contributed by atoms with Gasteiger partial charge in [0, 0.05) is 0 Å². The fourth-order valence-electron chi connectivity index (χ4n) is 0. The SMILES string of the molecule is [CH2-]C(C)(C)C.[CH2-]C(C)(C)C.[CH2-]C(C)(C)C.[O]=[V]. The van der Waals surface area contributed by atoms with E-state index in [-0.39, 0.29) is 16.2 Å². The number of hydrogen-bond donors (Lipinski definition) is 0. The van der Waals surface area contributed by atoms with Gasteiger partial charge in [0.05, 0.1) is 0 Å². The average molecular weight is 280 g/mol. The summed E-state index contributed by atoms with van der Waals surface area (Å²) in [5, 5.41) is 0. The van der Waals surface area contributed by atoms with E-state index in [0.717, 1.165) is 17.4 Å². The third kappa shape index (κ3) is 22900.